The number of pyridine rings is 1. The van der Waals surface area contributed by atoms with E-state index < -0.39 is 0 Å². The summed E-state index contributed by atoms with van der Waals surface area (Å²) < 4.78 is 1.94. The van der Waals surface area contributed by atoms with Gasteiger partial charge in [-0.1, -0.05) is 6.07 Å². The van der Waals surface area contributed by atoms with Crippen LogP contribution in [0.25, 0.3) is 5.65 Å². The summed E-state index contributed by atoms with van der Waals surface area (Å²) in [4.78, 5) is 13.4. The van der Waals surface area contributed by atoms with Crippen molar-refractivity contribution in [2.45, 2.75) is 25.8 Å². The minimum Gasteiger partial charge on any atom is -0.347 e. The molecule has 4 rings (SSSR count). The van der Waals surface area contributed by atoms with Gasteiger partial charge in [-0.15, -0.1) is 21.5 Å². The van der Waals surface area contributed by atoms with Gasteiger partial charge in [-0.05, 0) is 42.3 Å². The van der Waals surface area contributed by atoms with Crippen molar-refractivity contribution < 1.29 is 4.79 Å². The Hall–Kier alpha value is -2.21. The van der Waals surface area contributed by atoms with Gasteiger partial charge in [0.25, 0.3) is 5.91 Å². The van der Waals surface area contributed by atoms with Crippen molar-refractivity contribution in [1.82, 2.24) is 19.9 Å². The lowest BCUT2D eigenvalue weighted by Gasteiger charge is -2.05. The van der Waals surface area contributed by atoms with Crippen molar-refractivity contribution in [3.05, 3.63) is 52.1 Å². The number of hydrogen-bond donors (Lipinski definition) is 1. The van der Waals surface area contributed by atoms with Crippen LogP contribution in [0.5, 0.6) is 0 Å². The third-order valence-electron chi connectivity index (χ3n) is 3.91. The number of rotatable bonds is 5. The van der Waals surface area contributed by atoms with E-state index in [4.69, 9.17) is 0 Å². The number of nitrogens with zero attached hydrogens (tertiary/aromatic N) is 3. The maximum atomic E-state index is 12.3. The van der Waals surface area contributed by atoms with E-state index in [1.54, 1.807) is 17.4 Å². The van der Waals surface area contributed by atoms with Crippen LogP contribution >= 0.6 is 11.3 Å². The maximum absolute atomic E-state index is 12.3. The Balaban J connectivity index is 1.53. The summed E-state index contributed by atoms with van der Waals surface area (Å²) in [5.41, 5.74) is 1.44. The molecule has 112 valence electrons. The van der Waals surface area contributed by atoms with Gasteiger partial charge in [0, 0.05) is 17.5 Å². The van der Waals surface area contributed by atoms with Crippen molar-refractivity contribution in [3.63, 3.8) is 0 Å². The number of amides is 1. The first-order valence-corrected chi connectivity index (χ1v) is 8.32. The quantitative estimate of drug-likeness (QED) is 0.788. The lowest BCUT2D eigenvalue weighted by atomic mass is 10.2. The maximum Gasteiger partial charge on any atom is 0.253 e. The second-order valence-electron chi connectivity index (χ2n) is 5.67. The highest BCUT2D eigenvalue weighted by Crippen LogP contribution is 2.32. The smallest absolute Gasteiger partial charge is 0.253 e. The lowest BCUT2D eigenvalue weighted by Crippen LogP contribution is -2.22. The molecule has 1 N–H and O–H groups in total. The number of carbonyl (C=O) groups is 1. The Kier molecular flexibility index (Phi) is 3.38. The molecule has 0 saturated heterocycles. The average Bonchev–Trinajstić information content (AvgIpc) is 3.04. The van der Waals surface area contributed by atoms with E-state index in [9.17, 15) is 4.79 Å². The number of fused-ring (bicyclic) bond motifs is 1. The zero-order valence-corrected chi connectivity index (χ0v) is 12.8. The SMILES string of the molecule is O=C(NCc1cccs1)c1ccc2nnc(CC3CC3)n2c1. The van der Waals surface area contributed by atoms with E-state index >= 15 is 0 Å². The molecule has 3 aromatic rings. The molecular formula is C16H16N4OS. The Morgan fingerprint density at radius 2 is 2.23 bits per heavy atom. The molecule has 0 aliphatic heterocycles. The van der Waals surface area contributed by atoms with Gasteiger partial charge in [0.05, 0.1) is 12.1 Å². The fraction of sp³-hybridized carbons (Fsp3) is 0.312. The van der Waals surface area contributed by atoms with E-state index in [2.05, 4.69) is 15.5 Å². The Labute approximate surface area is 132 Å². The molecular weight excluding hydrogens is 296 g/mol. The third-order valence-corrected chi connectivity index (χ3v) is 4.78. The fourth-order valence-electron chi connectivity index (χ4n) is 2.47. The molecule has 1 saturated carbocycles. The van der Waals surface area contributed by atoms with Crippen LogP contribution < -0.4 is 5.32 Å². The Morgan fingerprint density at radius 3 is 3.00 bits per heavy atom. The zero-order chi connectivity index (χ0) is 14.9. The minimum absolute atomic E-state index is 0.0682. The van der Waals surface area contributed by atoms with Gasteiger partial charge in [0.15, 0.2) is 5.65 Å². The summed E-state index contributed by atoms with van der Waals surface area (Å²) in [6.45, 7) is 0.561. The van der Waals surface area contributed by atoms with Gasteiger partial charge in [0.2, 0.25) is 0 Å². The Bertz CT molecular complexity index is 805. The number of nitrogens with one attached hydrogen (secondary N) is 1. The van der Waals surface area contributed by atoms with Crippen LogP contribution in [0.15, 0.2) is 35.8 Å². The molecule has 3 heterocycles. The molecule has 0 aromatic carbocycles. The summed E-state index contributed by atoms with van der Waals surface area (Å²) in [6.07, 6.45) is 5.34. The van der Waals surface area contributed by atoms with Crippen LogP contribution in [0.2, 0.25) is 0 Å². The van der Waals surface area contributed by atoms with Crippen LogP contribution in [0.3, 0.4) is 0 Å². The van der Waals surface area contributed by atoms with Crippen molar-refractivity contribution in [2.75, 3.05) is 0 Å². The van der Waals surface area contributed by atoms with E-state index in [0.717, 1.165) is 28.7 Å². The summed E-state index contributed by atoms with van der Waals surface area (Å²) in [5.74, 6) is 1.62. The molecule has 22 heavy (non-hydrogen) atoms. The topological polar surface area (TPSA) is 59.3 Å². The molecule has 0 radical (unpaired) electrons. The highest BCUT2D eigenvalue weighted by Gasteiger charge is 2.24. The largest absolute Gasteiger partial charge is 0.347 e. The predicted octanol–water partition coefficient (Wildman–Crippen LogP) is 2.67. The van der Waals surface area contributed by atoms with Crippen molar-refractivity contribution >= 4 is 22.9 Å². The van der Waals surface area contributed by atoms with Gasteiger partial charge in [-0.3, -0.25) is 9.20 Å². The molecule has 0 atom stereocenters. The molecule has 3 aromatic heterocycles. The number of thiophene rings is 1. The van der Waals surface area contributed by atoms with Crippen LogP contribution in [-0.2, 0) is 13.0 Å². The Morgan fingerprint density at radius 1 is 1.32 bits per heavy atom. The third kappa shape index (κ3) is 2.74. The number of hydrogen-bond acceptors (Lipinski definition) is 4. The second kappa shape index (κ2) is 5.53. The summed E-state index contributed by atoms with van der Waals surface area (Å²) in [5, 5.41) is 13.4. The molecule has 1 aliphatic rings. The molecule has 1 amide bonds. The normalized spacial score (nSPS) is 14.4. The first kappa shape index (κ1) is 13.5. The number of carbonyl (C=O) groups excluding carboxylic acids is 1. The van der Waals surface area contributed by atoms with Gasteiger partial charge in [-0.25, -0.2) is 0 Å². The molecule has 0 unspecified atom stereocenters. The van der Waals surface area contributed by atoms with Crippen LogP contribution in [-0.4, -0.2) is 20.5 Å². The monoisotopic (exact) mass is 312 g/mol. The summed E-state index contributed by atoms with van der Waals surface area (Å²) >= 11 is 1.64. The van der Waals surface area contributed by atoms with E-state index in [1.165, 1.54) is 12.8 Å². The average molecular weight is 312 g/mol. The molecule has 5 nitrogen and oxygen atoms in total. The van der Waals surface area contributed by atoms with Crippen molar-refractivity contribution in [3.8, 4) is 0 Å². The molecule has 1 fully saturated rings. The van der Waals surface area contributed by atoms with Crippen molar-refractivity contribution in [1.29, 1.82) is 0 Å². The first-order chi connectivity index (χ1) is 10.8. The van der Waals surface area contributed by atoms with E-state index in [1.807, 2.05) is 34.2 Å². The van der Waals surface area contributed by atoms with E-state index in [-0.39, 0.29) is 5.91 Å². The minimum atomic E-state index is -0.0682. The summed E-state index contributed by atoms with van der Waals surface area (Å²) in [6, 6.07) is 7.65. The highest BCUT2D eigenvalue weighted by atomic mass is 32.1. The number of aromatic nitrogens is 3. The fourth-order valence-corrected chi connectivity index (χ4v) is 3.12. The predicted molar refractivity (Wildman–Crippen MR) is 84.9 cm³/mol. The molecule has 6 heteroatoms. The van der Waals surface area contributed by atoms with Crippen LogP contribution in [0.4, 0.5) is 0 Å². The van der Waals surface area contributed by atoms with Crippen molar-refractivity contribution in [2.24, 2.45) is 5.92 Å². The second-order valence-corrected chi connectivity index (χ2v) is 6.70. The first-order valence-electron chi connectivity index (χ1n) is 7.44. The standard InChI is InChI=1S/C16H16N4OS/c21-16(17-9-13-2-1-7-22-13)12-5-6-14-18-19-15(20(14)10-12)8-11-3-4-11/h1-2,5-7,10-11H,3-4,8-9H2,(H,17,21). The lowest BCUT2D eigenvalue weighted by molar-refractivity contribution is 0.0951. The van der Waals surface area contributed by atoms with Gasteiger partial charge >= 0.3 is 0 Å². The van der Waals surface area contributed by atoms with Gasteiger partial charge in [-0.2, -0.15) is 0 Å². The van der Waals surface area contributed by atoms with Crippen LogP contribution in [0.1, 0.15) is 33.9 Å². The summed E-state index contributed by atoms with van der Waals surface area (Å²) in [7, 11) is 0. The van der Waals surface area contributed by atoms with Gasteiger partial charge < -0.3 is 5.32 Å². The molecule has 0 bridgehead atoms. The van der Waals surface area contributed by atoms with Gasteiger partial charge in [0.1, 0.15) is 5.82 Å². The van der Waals surface area contributed by atoms with E-state index in [0.29, 0.717) is 12.1 Å². The van der Waals surface area contributed by atoms with Crippen LogP contribution in [0, 0.1) is 5.92 Å². The highest BCUT2D eigenvalue weighted by molar-refractivity contribution is 7.09. The molecule has 1 aliphatic carbocycles. The molecule has 0 spiro atoms. The zero-order valence-electron chi connectivity index (χ0n) is 12.0.